The minimum atomic E-state index is -3.72. The average Bonchev–Trinajstić information content (AvgIpc) is 2.72. The van der Waals surface area contributed by atoms with Crippen molar-refractivity contribution >= 4 is 10.0 Å². The summed E-state index contributed by atoms with van der Waals surface area (Å²) in [6.45, 7) is 0.812. The molecule has 0 bridgehead atoms. The van der Waals surface area contributed by atoms with E-state index < -0.39 is 10.0 Å². The maximum atomic E-state index is 13.5. The number of sulfonamides is 1. The van der Waals surface area contributed by atoms with Crippen LogP contribution in [0.25, 0.3) is 11.1 Å². The molecule has 0 radical (unpaired) electrons. The molecule has 6 heteroatoms. The highest BCUT2D eigenvalue weighted by molar-refractivity contribution is 7.89. The van der Waals surface area contributed by atoms with Crippen molar-refractivity contribution in [2.45, 2.75) is 11.4 Å². The fourth-order valence-electron chi connectivity index (χ4n) is 2.86. The molecule has 140 valence electrons. The van der Waals surface area contributed by atoms with Gasteiger partial charge >= 0.3 is 0 Å². The zero-order valence-corrected chi connectivity index (χ0v) is 16.0. The van der Waals surface area contributed by atoms with Gasteiger partial charge in [0.25, 0.3) is 0 Å². The Balaban J connectivity index is 2.02. The standard InChI is InChI=1S/C21H22N2O3S/c1-26-15-14-23(17-18-8-7-13-22-16-18)27(24,25)21-12-6-5-11-20(21)19-9-3-2-4-10-19/h2-13,16H,14-15,17H2,1H3. The van der Waals surface area contributed by atoms with Gasteiger partial charge in [-0.05, 0) is 23.3 Å². The van der Waals surface area contributed by atoms with Gasteiger partial charge in [0.1, 0.15) is 0 Å². The number of pyridine rings is 1. The predicted molar refractivity (Wildman–Crippen MR) is 106 cm³/mol. The average molecular weight is 382 g/mol. The molecule has 0 atom stereocenters. The van der Waals surface area contributed by atoms with Crippen molar-refractivity contribution in [1.82, 2.24) is 9.29 Å². The van der Waals surface area contributed by atoms with Gasteiger partial charge in [-0.2, -0.15) is 4.31 Å². The molecule has 3 rings (SSSR count). The van der Waals surface area contributed by atoms with Crippen LogP contribution in [-0.2, 0) is 21.3 Å². The molecular weight excluding hydrogens is 360 g/mol. The van der Waals surface area contributed by atoms with Crippen LogP contribution in [0.15, 0.2) is 84.0 Å². The summed E-state index contributed by atoms with van der Waals surface area (Å²) in [5.41, 5.74) is 2.38. The van der Waals surface area contributed by atoms with Crippen LogP contribution in [0, 0.1) is 0 Å². The third kappa shape index (κ3) is 4.60. The summed E-state index contributed by atoms with van der Waals surface area (Å²) in [6, 6.07) is 20.3. The van der Waals surface area contributed by atoms with Crippen molar-refractivity contribution < 1.29 is 13.2 Å². The molecule has 0 aliphatic carbocycles. The molecule has 0 unspecified atom stereocenters. The Labute approximate surface area is 160 Å². The summed E-state index contributed by atoms with van der Waals surface area (Å²) in [7, 11) is -2.16. The van der Waals surface area contributed by atoms with E-state index in [4.69, 9.17) is 4.74 Å². The van der Waals surface area contributed by atoms with E-state index >= 15 is 0 Å². The maximum absolute atomic E-state index is 13.5. The Kier molecular flexibility index (Phi) is 6.34. The van der Waals surface area contributed by atoms with Gasteiger partial charge < -0.3 is 4.74 Å². The molecule has 0 aliphatic rings. The van der Waals surface area contributed by atoms with Crippen molar-refractivity contribution in [3.05, 3.63) is 84.7 Å². The van der Waals surface area contributed by atoms with Crippen molar-refractivity contribution in [2.75, 3.05) is 20.3 Å². The number of ether oxygens (including phenoxy) is 1. The molecule has 0 saturated carbocycles. The van der Waals surface area contributed by atoms with Gasteiger partial charge in [-0.15, -0.1) is 0 Å². The summed E-state index contributed by atoms with van der Waals surface area (Å²) in [5, 5.41) is 0. The quantitative estimate of drug-likeness (QED) is 0.597. The third-order valence-corrected chi connectivity index (χ3v) is 6.12. The van der Waals surface area contributed by atoms with Crippen LogP contribution in [0.1, 0.15) is 5.56 Å². The number of methoxy groups -OCH3 is 1. The van der Waals surface area contributed by atoms with E-state index in [1.807, 2.05) is 48.5 Å². The van der Waals surface area contributed by atoms with Crippen molar-refractivity contribution in [2.24, 2.45) is 0 Å². The van der Waals surface area contributed by atoms with Crippen LogP contribution in [0.3, 0.4) is 0 Å². The minimum absolute atomic E-state index is 0.239. The lowest BCUT2D eigenvalue weighted by atomic mass is 10.1. The highest BCUT2D eigenvalue weighted by Gasteiger charge is 2.27. The lowest BCUT2D eigenvalue weighted by Crippen LogP contribution is -2.33. The van der Waals surface area contributed by atoms with E-state index in [9.17, 15) is 8.42 Å². The van der Waals surface area contributed by atoms with E-state index in [-0.39, 0.29) is 18.0 Å². The molecule has 27 heavy (non-hydrogen) atoms. The second-order valence-corrected chi connectivity index (χ2v) is 7.96. The van der Waals surface area contributed by atoms with Crippen molar-refractivity contribution in [3.63, 3.8) is 0 Å². The van der Waals surface area contributed by atoms with Gasteiger partial charge in [0, 0.05) is 38.2 Å². The van der Waals surface area contributed by atoms with Crippen LogP contribution < -0.4 is 0 Å². The molecule has 0 aliphatic heterocycles. The predicted octanol–water partition coefficient (Wildman–Crippen LogP) is 3.59. The van der Waals surface area contributed by atoms with Gasteiger partial charge in [-0.1, -0.05) is 54.6 Å². The summed E-state index contributed by atoms with van der Waals surface area (Å²) in [5.74, 6) is 0. The smallest absolute Gasteiger partial charge is 0.244 e. The van der Waals surface area contributed by atoms with E-state index in [1.165, 1.54) is 4.31 Å². The third-order valence-electron chi connectivity index (χ3n) is 4.22. The first kappa shape index (κ1) is 19.2. The topological polar surface area (TPSA) is 59.5 Å². The molecule has 2 aromatic carbocycles. The van der Waals surface area contributed by atoms with E-state index in [0.717, 1.165) is 11.1 Å². The molecule has 5 nitrogen and oxygen atoms in total. The summed E-state index contributed by atoms with van der Waals surface area (Å²) in [4.78, 5) is 4.37. The molecule has 1 heterocycles. The minimum Gasteiger partial charge on any atom is -0.383 e. The second kappa shape index (κ2) is 8.90. The second-order valence-electron chi connectivity index (χ2n) is 6.05. The first-order valence-corrected chi connectivity index (χ1v) is 10.1. The molecule has 0 N–H and O–H groups in total. The van der Waals surface area contributed by atoms with E-state index in [0.29, 0.717) is 12.2 Å². The Morgan fingerprint density at radius 2 is 1.70 bits per heavy atom. The number of rotatable bonds is 8. The molecule has 0 amide bonds. The molecule has 1 aromatic heterocycles. The SMILES string of the molecule is COCCN(Cc1cccnc1)S(=O)(=O)c1ccccc1-c1ccccc1. The van der Waals surface area contributed by atoms with Gasteiger partial charge in [0.15, 0.2) is 0 Å². The van der Waals surface area contributed by atoms with E-state index in [1.54, 1.807) is 37.7 Å². The Hall–Kier alpha value is -2.54. The van der Waals surface area contributed by atoms with Gasteiger partial charge in [-0.25, -0.2) is 8.42 Å². The Bertz CT molecular complexity index is 961. The van der Waals surface area contributed by atoms with Crippen LogP contribution in [0.4, 0.5) is 0 Å². The van der Waals surface area contributed by atoms with Crippen LogP contribution in [0.2, 0.25) is 0 Å². The number of hydrogen-bond donors (Lipinski definition) is 0. The first-order chi connectivity index (χ1) is 13.1. The van der Waals surface area contributed by atoms with Crippen molar-refractivity contribution in [3.8, 4) is 11.1 Å². The Morgan fingerprint density at radius 3 is 2.41 bits per heavy atom. The largest absolute Gasteiger partial charge is 0.383 e. The summed E-state index contributed by atoms with van der Waals surface area (Å²) in [6.07, 6.45) is 3.35. The highest BCUT2D eigenvalue weighted by atomic mass is 32.2. The Morgan fingerprint density at radius 1 is 0.963 bits per heavy atom. The first-order valence-electron chi connectivity index (χ1n) is 8.65. The van der Waals surface area contributed by atoms with Gasteiger partial charge in [0.2, 0.25) is 10.0 Å². The lowest BCUT2D eigenvalue weighted by molar-refractivity contribution is 0.177. The zero-order chi connectivity index (χ0) is 19.1. The fourth-order valence-corrected chi connectivity index (χ4v) is 4.49. The maximum Gasteiger partial charge on any atom is 0.244 e. The summed E-state index contributed by atoms with van der Waals surface area (Å²) >= 11 is 0. The number of aromatic nitrogens is 1. The molecule has 0 spiro atoms. The molecule has 0 saturated heterocycles. The summed E-state index contributed by atoms with van der Waals surface area (Å²) < 4.78 is 33.5. The highest BCUT2D eigenvalue weighted by Crippen LogP contribution is 2.29. The van der Waals surface area contributed by atoms with E-state index in [2.05, 4.69) is 4.98 Å². The fraction of sp³-hybridized carbons (Fsp3) is 0.190. The van der Waals surface area contributed by atoms with Gasteiger partial charge in [-0.3, -0.25) is 4.98 Å². The van der Waals surface area contributed by atoms with Crippen LogP contribution in [0.5, 0.6) is 0 Å². The van der Waals surface area contributed by atoms with Crippen LogP contribution >= 0.6 is 0 Å². The molecule has 3 aromatic rings. The van der Waals surface area contributed by atoms with Crippen LogP contribution in [-0.4, -0.2) is 38.0 Å². The number of nitrogens with zero attached hydrogens (tertiary/aromatic N) is 2. The number of benzene rings is 2. The van der Waals surface area contributed by atoms with Crippen molar-refractivity contribution in [1.29, 1.82) is 0 Å². The normalized spacial score (nSPS) is 11.6. The molecule has 0 fully saturated rings. The zero-order valence-electron chi connectivity index (χ0n) is 15.2. The number of hydrogen-bond acceptors (Lipinski definition) is 4. The van der Waals surface area contributed by atoms with Gasteiger partial charge in [0.05, 0.1) is 11.5 Å². The monoisotopic (exact) mass is 382 g/mol. The molecular formula is C21H22N2O3S. The lowest BCUT2D eigenvalue weighted by Gasteiger charge is -2.23.